The van der Waals surface area contributed by atoms with Crippen LogP contribution in [0.15, 0.2) is 40.9 Å². The minimum absolute atomic E-state index is 0.462. The Kier molecular flexibility index (Phi) is 5.33. The number of aliphatic hydroxyl groups is 1. The standard InChI is InChI=1S/C15H13BrCl2O2/c1-2-20-14-6-3-9(16)7-12(14)15(19)11-8-10(17)4-5-13(11)18/h3-8,15,19H,2H2,1H3. The van der Waals surface area contributed by atoms with E-state index in [1.807, 2.05) is 25.1 Å². The highest BCUT2D eigenvalue weighted by molar-refractivity contribution is 9.10. The van der Waals surface area contributed by atoms with Crippen molar-refractivity contribution >= 4 is 39.1 Å². The Morgan fingerprint density at radius 1 is 1.15 bits per heavy atom. The van der Waals surface area contributed by atoms with E-state index in [4.69, 9.17) is 27.9 Å². The molecule has 0 heterocycles. The fourth-order valence-corrected chi connectivity index (χ4v) is 2.69. The van der Waals surface area contributed by atoms with Gasteiger partial charge in [-0.05, 0) is 43.3 Å². The molecule has 1 unspecified atom stereocenters. The molecule has 5 heteroatoms. The summed E-state index contributed by atoms with van der Waals surface area (Å²) in [5, 5.41) is 11.6. The molecule has 0 fully saturated rings. The number of halogens is 3. The summed E-state index contributed by atoms with van der Waals surface area (Å²) >= 11 is 15.5. The molecule has 0 amide bonds. The smallest absolute Gasteiger partial charge is 0.125 e. The van der Waals surface area contributed by atoms with Crippen LogP contribution in [0.4, 0.5) is 0 Å². The molecule has 0 aliphatic heterocycles. The molecule has 2 aromatic carbocycles. The lowest BCUT2D eigenvalue weighted by Crippen LogP contribution is -2.05. The van der Waals surface area contributed by atoms with Crippen LogP contribution < -0.4 is 4.74 Å². The van der Waals surface area contributed by atoms with Gasteiger partial charge in [0.2, 0.25) is 0 Å². The van der Waals surface area contributed by atoms with E-state index >= 15 is 0 Å². The van der Waals surface area contributed by atoms with E-state index in [-0.39, 0.29) is 0 Å². The third-order valence-electron chi connectivity index (χ3n) is 2.82. The highest BCUT2D eigenvalue weighted by atomic mass is 79.9. The van der Waals surface area contributed by atoms with E-state index in [0.717, 1.165) is 4.47 Å². The van der Waals surface area contributed by atoms with Gasteiger partial charge in [0.1, 0.15) is 11.9 Å². The maximum Gasteiger partial charge on any atom is 0.125 e. The molecule has 0 radical (unpaired) electrons. The highest BCUT2D eigenvalue weighted by Crippen LogP contribution is 2.36. The Bertz CT molecular complexity index is 617. The van der Waals surface area contributed by atoms with Crippen molar-refractivity contribution in [3.05, 3.63) is 62.0 Å². The summed E-state index contributed by atoms with van der Waals surface area (Å²) < 4.78 is 6.40. The first-order chi connectivity index (χ1) is 9.52. The van der Waals surface area contributed by atoms with Crippen molar-refractivity contribution in [1.82, 2.24) is 0 Å². The Morgan fingerprint density at radius 3 is 2.60 bits per heavy atom. The number of rotatable bonds is 4. The lowest BCUT2D eigenvalue weighted by atomic mass is 10.0. The van der Waals surface area contributed by atoms with Crippen molar-refractivity contribution in [2.24, 2.45) is 0 Å². The maximum atomic E-state index is 10.6. The van der Waals surface area contributed by atoms with Crippen LogP contribution in [0.2, 0.25) is 10.0 Å². The normalized spacial score (nSPS) is 12.2. The van der Waals surface area contributed by atoms with Crippen molar-refractivity contribution in [2.45, 2.75) is 13.0 Å². The number of benzene rings is 2. The molecule has 1 atom stereocenters. The van der Waals surface area contributed by atoms with E-state index in [1.165, 1.54) is 0 Å². The maximum absolute atomic E-state index is 10.6. The molecular formula is C15H13BrCl2O2. The Morgan fingerprint density at radius 2 is 1.90 bits per heavy atom. The summed E-state index contributed by atoms with van der Waals surface area (Å²) in [6.07, 6.45) is -0.903. The van der Waals surface area contributed by atoms with Gasteiger partial charge in [-0.2, -0.15) is 0 Å². The van der Waals surface area contributed by atoms with Crippen molar-refractivity contribution in [3.8, 4) is 5.75 Å². The van der Waals surface area contributed by atoms with E-state index in [9.17, 15) is 5.11 Å². The molecule has 2 nitrogen and oxygen atoms in total. The highest BCUT2D eigenvalue weighted by Gasteiger charge is 2.19. The first-order valence-electron chi connectivity index (χ1n) is 6.08. The van der Waals surface area contributed by atoms with Crippen LogP contribution in [-0.4, -0.2) is 11.7 Å². The van der Waals surface area contributed by atoms with Crippen LogP contribution in [0.25, 0.3) is 0 Å². The van der Waals surface area contributed by atoms with Gasteiger partial charge in [0.25, 0.3) is 0 Å². The summed E-state index contributed by atoms with van der Waals surface area (Å²) in [4.78, 5) is 0. The average Bonchev–Trinajstić information content (AvgIpc) is 2.43. The van der Waals surface area contributed by atoms with E-state index in [0.29, 0.717) is 33.5 Å². The zero-order chi connectivity index (χ0) is 14.7. The number of hydrogen-bond donors (Lipinski definition) is 1. The minimum atomic E-state index is -0.903. The topological polar surface area (TPSA) is 29.5 Å². The first-order valence-corrected chi connectivity index (χ1v) is 7.63. The van der Waals surface area contributed by atoms with Crippen LogP contribution in [-0.2, 0) is 0 Å². The SMILES string of the molecule is CCOc1ccc(Br)cc1C(O)c1cc(Cl)ccc1Cl. The van der Waals surface area contributed by atoms with Crippen LogP contribution in [0.1, 0.15) is 24.2 Å². The Hall–Kier alpha value is -0.740. The summed E-state index contributed by atoms with van der Waals surface area (Å²) in [5.41, 5.74) is 1.20. The largest absolute Gasteiger partial charge is 0.493 e. The molecular weight excluding hydrogens is 363 g/mol. The monoisotopic (exact) mass is 374 g/mol. The minimum Gasteiger partial charge on any atom is -0.493 e. The van der Waals surface area contributed by atoms with E-state index < -0.39 is 6.10 Å². The molecule has 20 heavy (non-hydrogen) atoms. The van der Waals surface area contributed by atoms with Gasteiger partial charge in [-0.3, -0.25) is 0 Å². The van der Waals surface area contributed by atoms with E-state index in [2.05, 4.69) is 15.9 Å². The second kappa shape index (κ2) is 6.81. The molecule has 0 aromatic heterocycles. The summed E-state index contributed by atoms with van der Waals surface area (Å²) in [7, 11) is 0. The summed E-state index contributed by atoms with van der Waals surface area (Å²) in [6, 6.07) is 10.5. The van der Waals surface area contributed by atoms with Gasteiger partial charge in [0.15, 0.2) is 0 Å². The third kappa shape index (κ3) is 3.47. The zero-order valence-electron chi connectivity index (χ0n) is 10.7. The van der Waals surface area contributed by atoms with Crippen molar-refractivity contribution in [3.63, 3.8) is 0 Å². The first kappa shape index (κ1) is 15.6. The van der Waals surface area contributed by atoms with Crippen LogP contribution in [0.5, 0.6) is 5.75 Å². The molecule has 0 aliphatic carbocycles. The average molecular weight is 376 g/mol. The third-order valence-corrected chi connectivity index (χ3v) is 3.89. The van der Waals surface area contributed by atoms with E-state index in [1.54, 1.807) is 18.2 Å². The van der Waals surface area contributed by atoms with Gasteiger partial charge in [-0.25, -0.2) is 0 Å². The van der Waals surface area contributed by atoms with Crippen LogP contribution >= 0.6 is 39.1 Å². The Balaban J connectivity index is 2.49. The summed E-state index contributed by atoms with van der Waals surface area (Å²) in [6.45, 7) is 2.41. The predicted molar refractivity (Wildman–Crippen MR) is 85.8 cm³/mol. The van der Waals surface area contributed by atoms with Gasteiger partial charge in [-0.1, -0.05) is 39.1 Å². The second-order valence-electron chi connectivity index (χ2n) is 4.18. The number of ether oxygens (including phenoxy) is 1. The van der Waals surface area contributed by atoms with Gasteiger partial charge in [0.05, 0.1) is 6.61 Å². The van der Waals surface area contributed by atoms with Crippen molar-refractivity contribution in [1.29, 1.82) is 0 Å². The number of hydrogen-bond acceptors (Lipinski definition) is 2. The zero-order valence-corrected chi connectivity index (χ0v) is 13.8. The van der Waals surface area contributed by atoms with Gasteiger partial charge < -0.3 is 9.84 Å². The fourth-order valence-electron chi connectivity index (χ4n) is 1.91. The lowest BCUT2D eigenvalue weighted by molar-refractivity contribution is 0.212. The molecule has 0 spiro atoms. The lowest BCUT2D eigenvalue weighted by Gasteiger charge is -2.17. The molecule has 0 saturated carbocycles. The molecule has 0 bridgehead atoms. The molecule has 0 aliphatic rings. The summed E-state index contributed by atoms with van der Waals surface area (Å²) in [5.74, 6) is 0.624. The molecule has 2 aromatic rings. The van der Waals surface area contributed by atoms with Gasteiger partial charge >= 0.3 is 0 Å². The fraction of sp³-hybridized carbons (Fsp3) is 0.200. The Labute approximate surface area is 136 Å². The molecule has 0 saturated heterocycles. The van der Waals surface area contributed by atoms with Crippen molar-refractivity contribution < 1.29 is 9.84 Å². The molecule has 2 rings (SSSR count). The van der Waals surface area contributed by atoms with Crippen LogP contribution in [0, 0.1) is 0 Å². The van der Waals surface area contributed by atoms with Gasteiger partial charge in [0, 0.05) is 25.6 Å². The second-order valence-corrected chi connectivity index (χ2v) is 5.94. The predicted octanol–water partition coefficient (Wildman–Crippen LogP) is 5.24. The van der Waals surface area contributed by atoms with Crippen molar-refractivity contribution in [2.75, 3.05) is 6.61 Å². The quantitative estimate of drug-likeness (QED) is 0.792. The molecule has 1 N–H and O–H groups in total. The van der Waals surface area contributed by atoms with Crippen LogP contribution in [0.3, 0.4) is 0 Å². The molecule has 106 valence electrons. The van der Waals surface area contributed by atoms with Gasteiger partial charge in [-0.15, -0.1) is 0 Å². The number of aliphatic hydroxyl groups excluding tert-OH is 1.